The third-order valence-corrected chi connectivity index (χ3v) is 6.95. The highest BCUT2D eigenvalue weighted by Crippen LogP contribution is 2.34. The van der Waals surface area contributed by atoms with Crippen molar-refractivity contribution < 1.29 is 9.53 Å². The van der Waals surface area contributed by atoms with E-state index in [0.29, 0.717) is 36.3 Å². The molecule has 1 amide bonds. The number of H-pyrrole nitrogens is 1. The van der Waals surface area contributed by atoms with Gasteiger partial charge in [0.15, 0.2) is 0 Å². The van der Waals surface area contributed by atoms with Gasteiger partial charge in [-0.2, -0.15) is 10.4 Å². The highest BCUT2D eigenvalue weighted by atomic mass is 16.5. The normalized spacial score (nSPS) is 24.1. The molecule has 1 aromatic heterocycles. The number of anilines is 2. The van der Waals surface area contributed by atoms with Gasteiger partial charge in [-0.3, -0.25) is 19.7 Å². The summed E-state index contributed by atoms with van der Waals surface area (Å²) in [7, 11) is 0. The number of aromatic amines is 1. The maximum absolute atomic E-state index is 13.7. The molecule has 10 nitrogen and oxygen atoms in total. The molecule has 2 saturated heterocycles. The largest absolute Gasteiger partial charge is 0.381 e. The van der Waals surface area contributed by atoms with Crippen molar-refractivity contribution in [2.45, 2.75) is 25.6 Å². The molecule has 0 bridgehead atoms. The number of amides is 1. The summed E-state index contributed by atoms with van der Waals surface area (Å²) in [5, 5.41) is 24.0. The monoisotopic (exact) mass is 482 g/mol. The van der Waals surface area contributed by atoms with Crippen LogP contribution in [-0.4, -0.2) is 58.9 Å². The maximum atomic E-state index is 13.7. The van der Waals surface area contributed by atoms with Gasteiger partial charge in [0.1, 0.15) is 6.17 Å². The quantitative estimate of drug-likeness (QED) is 0.523. The van der Waals surface area contributed by atoms with Crippen LogP contribution in [-0.2, 0) is 9.53 Å². The lowest BCUT2D eigenvalue weighted by molar-refractivity contribution is -0.125. The first-order chi connectivity index (χ1) is 17.6. The molecular weight excluding hydrogens is 456 g/mol. The van der Waals surface area contributed by atoms with Crippen LogP contribution in [0.2, 0.25) is 0 Å². The smallest absolute Gasteiger partial charge is 0.248 e. The number of rotatable bonds is 4. The standard InChI is InChI=1S/C26H26N8O2/c1-16-25(35)34(21-4-2-3-17(9-21)11-27)23-13-28-26(30-20-5-6-22-19(10-20)12-29-32-22)31-24(23)33(16)14-18-7-8-36-15-18/h2-6,9-10,12-13,16,18,24H,7-8,14-15H2,1H3,(H,29,32)(H2,28,30,31)/t16-,18?,24?/m1/s1. The third kappa shape index (κ3) is 3.98. The minimum Gasteiger partial charge on any atom is -0.381 e. The third-order valence-electron chi connectivity index (χ3n) is 6.95. The minimum atomic E-state index is -0.399. The molecule has 2 unspecified atom stereocenters. The van der Waals surface area contributed by atoms with Crippen molar-refractivity contribution in [3.05, 3.63) is 66.1 Å². The highest BCUT2D eigenvalue weighted by Gasteiger charge is 2.44. The van der Waals surface area contributed by atoms with Gasteiger partial charge < -0.3 is 15.4 Å². The Morgan fingerprint density at radius 1 is 1.28 bits per heavy atom. The number of aliphatic imine (C=N–C) groups is 1. The molecule has 3 aliphatic rings. The fourth-order valence-electron chi connectivity index (χ4n) is 5.03. The van der Waals surface area contributed by atoms with E-state index in [2.05, 4.69) is 31.8 Å². The fourth-order valence-corrected chi connectivity index (χ4v) is 5.03. The SMILES string of the molecule is C[C@@H]1C(=O)N(c2cccc(C#N)c2)C2=CNC(Nc3ccc4[nH]ncc4c3)=NC2N1CC1CCOC1. The van der Waals surface area contributed by atoms with Crippen molar-refractivity contribution in [1.82, 2.24) is 20.4 Å². The van der Waals surface area contributed by atoms with Crippen molar-refractivity contribution in [2.75, 3.05) is 30.0 Å². The number of guanidine groups is 1. The number of nitrogens with zero attached hydrogens (tertiary/aromatic N) is 5. The van der Waals surface area contributed by atoms with Gasteiger partial charge in [0, 0.05) is 30.4 Å². The second-order valence-electron chi connectivity index (χ2n) is 9.30. The Balaban J connectivity index is 1.35. The summed E-state index contributed by atoms with van der Waals surface area (Å²) >= 11 is 0. The Kier molecular flexibility index (Phi) is 5.64. The van der Waals surface area contributed by atoms with E-state index in [1.807, 2.05) is 37.4 Å². The van der Waals surface area contributed by atoms with Gasteiger partial charge in [0.05, 0.1) is 47.4 Å². The van der Waals surface area contributed by atoms with E-state index in [-0.39, 0.29) is 12.1 Å². The number of fused-ring (bicyclic) bond motifs is 2. The van der Waals surface area contributed by atoms with Crippen molar-refractivity contribution in [3.63, 3.8) is 0 Å². The summed E-state index contributed by atoms with van der Waals surface area (Å²) in [6.45, 7) is 4.07. The number of ether oxygens (including phenoxy) is 1. The van der Waals surface area contributed by atoms with Gasteiger partial charge in [-0.25, -0.2) is 4.99 Å². The molecule has 2 aromatic carbocycles. The fraction of sp³-hybridized carbons (Fsp3) is 0.308. The van der Waals surface area contributed by atoms with Crippen molar-refractivity contribution in [3.8, 4) is 6.07 Å². The average molecular weight is 483 g/mol. The lowest BCUT2D eigenvalue weighted by atomic mass is 10.0. The molecule has 3 atom stereocenters. The molecule has 182 valence electrons. The lowest BCUT2D eigenvalue weighted by Crippen LogP contribution is -2.62. The summed E-state index contributed by atoms with van der Waals surface area (Å²) in [5.41, 5.74) is 3.72. The summed E-state index contributed by atoms with van der Waals surface area (Å²) in [4.78, 5) is 22.5. The number of benzene rings is 2. The molecule has 6 rings (SSSR count). The zero-order valence-corrected chi connectivity index (χ0v) is 19.8. The first kappa shape index (κ1) is 22.3. The topological polar surface area (TPSA) is 122 Å². The van der Waals surface area contributed by atoms with E-state index in [0.717, 1.165) is 35.3 Å². The highest BCUT2D eigenvalue weighted by molar-refractivity contribution is 6.03. The Morgan fingerprint density at radius 3 is 3.03 bits per heavy atom. The summed E-state index contributed by atoms with van der Waals surface area (Å²) in [6.07, 6.45) is 4.19. The van der Waals surface area contributed by atoms with E-state index in [4.69, 9.17) is 9.73 Å². The molecule has 3 aliphatic heterocycles. The van der Waals surface area contributed by atoms with Crippen molar-refractivity contribution in [1.29, 1.82) is 5.26 Å². The van der Waals surface area contributed by atoms with Crippen LogP contribution in [0.25, 0.3) is 10.9 Å². The zero-order valence-electron chi connectivity index (χ0n) is 19.8. The van der Waals surface area contributed by atoms with Crippen molar-refractivity contribution in [2.24, 2.45) is 10.9 Å². The second kappa shape index (κ2) is 9.11. The number of carbonyl (C=O) groups excluding carboxylic acids is 1. The van der Waals surface area contributed by atoms with Crippen LogP contribution in [0.3, 0.4) is 0 Å². The van der Waals surface area contributed by atoms with Crippen LogP contribution in [0, 0.1) is 17.2 Å². The maximum Gasteiger partial charge on any atom is 0.248 e. The van der Waals surface area contributed by atoms with E-state index in [9.17, 15) is 10.1 Å². The number of hydrogen-bond acceptors (Lipinski definition) is 8. The molecule has 0 radical (unpaired) electrons. The van der Waals surface area contributed by atoms with Gasteiger partial charge >= 0.3 is 0 Å². The van der Waals surface area contributed by atoms with Crippen LogP contribution in [0.15, 0.2) is 65.6 Å². The molecule has 10 heteroatoms. The van der Waals surface area contributed by atoms with Crippen LogP contribution < -0.4 is 15.5 Å². The number of nitriles is 1. The van der Waals surface area contributed by atoms with Gasteiger partial charge in [-0.15, -0.1) is 0 Å². The van der Waals surface area contributed by atoms with Crippen LogP contribution in [0.1, 0.15) is 18.9 Å². The van der Waals surface area contributed by atoms with E-state index >= 15 is 0 Å². The predicted octanol–water partition coefficient (Wildman–Crippen LogP) is 2.75. The first-order valence-electron chi connectivity index (χ1n) is 12.0. The number of nitrogens with one attached hydrogen (secondary N) is 3. The lowest BCUT2D eigenvalue weighted by Gasteiger charge is -2.46. The number of carbonyl (C=O) groups is 1. The first-order valence-corrected chi connectivity index (χ1v) is 12.0. The van der Waals surface area contributed by atoms with Gasteiger partial charge in [0.25, 0.3) is 0 Å². The Labute approximate surface area is 208 Å². The van der Waals surface area contributed by atoms with E-state index < -0.39 is 6.04 Å². The van der Waals surface area contributed by atoms with Gasteiger partial charge in [-0.05, 0) is 55.7 Å². The molecule has 0 aliphatic carbocycles. The number of hydrogen-bond donors (Lipinski definition) is 3. The van der Waals surface area contributed by atoms with E-state index in [1.165, 1.54) is 0 Å². The van der Waals surface area contributed by atoms with Gasteiger partial charge in [-0.1, -0.05) is 6.07 Å². The molecule has 36 heavy (non-hydrogen) atoms. The van der Waals surface area contributed by atoms with Crippen LogP contribution in [0.4, 0.5) is 11.4 Å². The molecule has 2 fully saturated rings. The van der Waals surface area contributed by atoms with Crippen molar-refractivity contribution >= 4 is 34.1 Å². The predicted molar refractivity (Wildman–Crippen MR) is 136 cm³/mol. The molecule has 3 aromatic rings. The Morgan fingerprint density at radius 2 is 2.19 bits per heavy atom. The van der Waals surface area contributed by atoms with E-state index in [1.54, 1.807) is 29.3 Å². The summed E-state index contributed by atoms with van der Waals surface area (Å²) in [6, 6.07) is 14.8. The summed E-state index contributed by atoms with van der Waals surface area (Å²) < 4.78 is 5.61. The average Bonchev–Trinajstić information content (AvgIpc) is 3.59. The molecule has 0 saturated carbocycles. The van der Waals surface area contributed by atoms with Gasteiger partial charge in [0.2, 0.25) is 11.9 Å². The molecular formula is C26H26N8O2. The second-order valence-corrected chi connectivity index (χ2v) is 9.30. The molecule has 0 spiro atoms. The summed E-state index contributed by atoms with van der Waals surface area (Å²) in [5.74, 6) is 0.886. The Bertz CT molecular complexity index is 1410. The zero-order chi connectivity index (χ0) is 24.6. The minimum absolute atomic E-state index is 0.0506. The number of piperazine rings is 1. The number of aromatic nitrogens is 2. The molecule has 4 heterocycles. The Hall–Kier alpha value is -4.20. The van der Waals surface area contributed by atoms with Crippen LogP contribution in [0.5, 0.6) is 0 Å². The molecule has 3 N–H and O–H groups in total. The van der Waals surface area contributed by atoms with Crippen LogP contribution >= 0.6 is 0 Å².